The van der Waals surface area contributed by atoms with Crippen LogP contribution in [0, 0.1) is 0 Å². The van der Waals surface area contributed by atoms with Crippen molar-refractivity contribution >= 4 is 15.7 Å². The summed E-state index contributed by atoms with van der Waals surface area (Å²) >= 11 is 0. The lowest BCUT2D eigenvalue weighted by Crippen LogP contribution is -2.47. The first-order chi connectivity index (χ1) is 9.54. The molecule has 2 aliphatic heterocycles. The zero-order valence-corrected chi connectivity index (χ0v) is 12.6. The lowest BCUT2D eigenvalue weighted by atomic mass is 10.1. The minimum Gasteiger partial charge on any atom is -0.384 e. The first-order valence-corrected chi connectivity index (χ1v) is 8.91. The van der Waals surface area contributed by atoms with Crippen molar-refractivity contribution in [3.8, 4) is 0 Å². The Morgan fingerprint density at radius 1 is 1.20 bits per heavy atom. The number of benzene rings is 1. The highest BCUT2D eigenvalue weighted by Crippen LogP contribution is 2.27. The van der Waals surface area contributed by atoms with Crippen LogP contribution in [0.1, 0.15) is 11.1 Å². The van der Waals surface area contributed by atoms with Crippen LogP contribution in [0.4, 0.5) is 5.69 Å². The molecule has 1 fully saturated rings. The molecule has 0 unspecified atom stereocenters. The Hall–Kier alpha value is -1.11. The summed E-state index contributed by atoms with van der Waals surface area (Å²) in [6.07, 6.45) is 2.39. The summed E-state index contributed by atoms with van der Waals surface area (Å²) in [7, 11) is -3.04. The number of hydrogen-bond donors (Lipinski definition) is 1. The van der Waals surface area contributed by atoms with E-state index in [1.807, 2.05) is 0 Å². The molecule has 0 spiro atoms. The molecule has 20 heavy (non-hydrogen) atoms. The highest BCUT2D eigenvalue weighted by atomic mass is 32.2. The Labute approximate surface area is 120 Å². The van der Waals surface area contributed by atoms with Gasteiger partial charge < -0.3 is 5.32 Å². The van der Waals surface area contributed by atoms with E-state index in [1.54, 1.807) is 4.31 Å². The number of piperazine rings is 1. The predicted molar refractivity (Wildman–Crippen MR) is 80.3 cm³/mol. The molecule has 5 nitrogen and oxygen atoms in total. The third-order valence-electron chi connectivity index (χ3n) is 4.13. The average molecular weight is 295 g/mol. The topological polar surface area (TPSA) is 52.7 Å². The summed E-state index contributed by atoms with van der Waals surface area (Å²) in [4.78, 5) is 2.33. The van der Waals surface area contributed by atoms with E-state index in [1.165, 1.54) is 23.1 Å². The van der Waals surface area contributed by atoms with Gasteiger partial charge in [-0.2, -0.15) is 4.31 Å². The van der Waals surface area contributed by atoms with Gasteiger partial charge in [0.1, 0.15) is 0 Å². The van der Waals surface area contributed by atoms with Gasteiger partial charge in [-0.25, -0.2) is 8.42 Å². The minimum atomic E-state index is -3.04. The number of fused-ring (bicyclic) bond motifs is 1. The van der Waals surface area contributed by atoms with Gasteiger partial charge in [-0.3, -0.25) is 4.90 Å². The van der Waals surface area contributed by atoms with Crippen LogP contribution in [-0.4, -0.2) is 56.6 Å². The van der Waals surface area contributed by atoms with Gasteiger partial charge in [-0.05, 0) is 17.5 Å². The maximum atomic E-state index is 11.5. The molecule has 1 saturated heterocycles. The van der Waals surface area contributed by atoms with Gasteiger partial charge in [0, 0.05) is 45.0 Å². The lowest BCUT2D eigenvalue weighted by molar-refractivity contribution is 0.182. The standard InChI is InChI=1S/C14H21N3O2S/c1-20(18,19)17-9-7-16(8-10-17)11-13-4-2-3-12-5-6-15-14(12)13/h2-4,15H,5-11H2,1H3. The van der Waals surface area contributed by atoms with Crippen molar-refractivity contribution in [1.82, 2.24) is 9.21 Å². The first kappa shape index (κ1) is 13.9. The summed E-state index contributed by atoms with van der Waals surface area (Å²) in [6, 6.07) is 6.47. The van der Waals surface area contributed by atoms with Crippen LogP contribution >= 0.6 is 0 Å². The van der Waals surface area contributed by atoms with Crippen LogP contribution < -0.4 is 5.32 Å². The number of anilines is 1. The lowest BCUT2D eigenvalue weighted by Gasteiger charge is -2.33. The molecule has 0 aromatic heterocycles. The maximum Gasteiger partial charge on any atom is 0.211 e. The Bertz CT molecular complexity index is 592. The minimum absolute atomic E-state index is 0.598. The fraction of sp³-hybridized carbons (Fsp3) is 0.571. The van der Waals surface area contributed by atoms with Crippen LogP contribution in [0.15, 0.2) is 18.2 Å². The molecular formula is C14H21N3O2S. The van der Waals surface area contributed by atoms with E-state index in [4.69, 9.17) is 0 Å². The molecule has 1 N–H and O–H groups in total. The number of rotatable bonds is 3. The normalized spacial score (nSPS) is 20.6. The Balaban J connectivity index is 1.65. The monoisotopic (exact) mass is 295 g/mol. The number of nitrogens with one attached hydrogen (secondary N) is 1. The molecule has 0 bridgehead atoms. The molecule has 0 radical (unpaired) electrons. The van der Waals surface area contributed by atoms with Crippen LogP contribution in [0.2, 0.25) is 0 Å². The number of para-hydroxylation sites is 1. The van der Waals surface area contributed by atoms with E-state index in [9.17, 15) is 8.42 Å². The predicted octanol–water partition coefficient (Wildman–Crippen LogP) is 0.732. The first-order valence-electron chi connectivity index (χ1n) is 7.06. The zero-order valence-electron chi connectivity index (χ0n) is 11.8. The fourth-order valence-electron chi connectivity index (χ4n) is 3.00. The molecule has 3 rings (SSSR count). The van der Waals surface area contributed by atoms with Gasteiger partial charge in [0.2, 0.25) is 10.0 Å². The molecule has 110 valence electrons. The molecule has 1 aromatic rings. The van der Waals surface area contributed by atoms with E-state index in [0.29, 0.717) is 13.1 Å². The second-order valence-electron chi connectivity index (χ2n) is 5.57. The van der Waals surface area contributed by atoms with Crippen molar-refractivity contribution < 1.29 is 8.42 Å². The maximum absolute atomic E-state index is 11.5. The van der Waals surface area contributed by atoms with Gasteiger partial charge in [0.25, 0.3) is 0 Å². The fourth-order valence-corrected chi connectivity index (χ4v) is 3.83. The SMILES string of the molecule is CS(=O)(=O)N1CCN(Cc2cccc3c2NCC3)CC1. The third kappa shape index (κ3) is 2.82. The van der Waals surface area contributed by atoms with Crippen molar-refractivity contribution in [1.29, 1.82) is 0 Å². The summed E-state index contributed by atoms with van der Waals surface area (Å²) < 4.78 is 24.6. The summed E-state index contributed by atoms with van der Waals surface area (Å²) in [6.45, 7) is 4.72. The van der Waals surface area contributed by atoms with Crippen molar-refractivity contribution in [3.05, 3.63) is 29.3 Å². The van der Waals surface area contributed by atoms with Crippen LogP contribution in [0.3, 0.4) is 0 Å². The molecule has 2 aliphatic rings. The van der Waals surface area contributed by atoms with Crippen LogP contribution in [0.25, 0.3) is 0 Å². The Kier molecular flexibility index (Phi) is 3.70. The van der Waals surface area contributed by atoms with Gasteiger partial charge in [-0.1, -0.05) is 18.2 Å². The molecule has 1 aromatic carbocycles. The average Bonchev–Trinajstić information content (AvgIpc) is 2.88. The second-order valence-corrected chi connectivity index (χ2v) is 7.55. The Morgan fingerprint density at radius 2 is 1.95 bits per heavy atom. The molecule has 0 atom stereocenters. The van der Waals surface area contributed by atoms with E-state index < -0.39 is 10.0 Å². The third-order valence-corrected chi connectivity index (χ3v) is 5.43. The summed E-state index contributed by atoms with van der Waals surface area (Å²) in [5.41, 5.74) is 4.02. The van der Waals surface area contributed by atoms with Gasteiger partial charge >= 0.3 is 0 Å². The molecule has 2 heterocycles. The van der Waals surface area contributed by atoms with Crippen molar-refractivity contribution in [2.45, 2.75) is 13.0 Å². The Morgan fingerprint density at radius 3 is 2.65 bits per heavy atom. The summed E-state index contributed by atoms with van der Waals surface area (Å²) in [5.74, 6) is 0. The quantitative estimate of drug-likeness (QED) is 0.893. The van der Waals surface area contributed by atoms with Crippen molar-refractivity contribution in [2.75, 3.05) is 44.3 Å². The van der Waals surface area contributed by atoms with E-state index in [0.717, 1.165) is 32.6 Å². The molecule has 0 aliphatic carbocycles. The molecular weight excluding hydrogens is 274 g/mol. The van der Waals surface area contributed by atoms with Gasteiger partial charge in [0.05, 0.1) is 6.26 Å². The zero-order chi connectivity index (χ0) is 14.2. The molecule has 0 amide bonds. The van der Waals surface area contributed by atoms with E-state index in [-0.39, 0.29) is 0 Å². The van der Waals surface area contributed by atoms with E-state index in [2.05, 4.69) is 28.4 Å². The smallest absolute Gasteiger partial charge is 0.211 e. The highest BCUT2D eigenvalue weighted by Gasteiger charge is 2.24. The number of nitrogens with zero attached hydrogens (tertiary/aromatic N) is 2. The second kappa shape index (κ2) is 5.35. The van der Waals surface area contributed by atoms with Crippen LogP contribution in [0.5, 0.6) is 0 Å². The van der Waals surface area contributed by atoms with Crippen LogP contribution in [-0.2, 0) is 23.0 Å². The molecule has 6 heteroatoms. The number of hydrogen-bond acceptors (Lipinski definition) is 4. The van der Waals surface area contributed by atoms with Crippen molar-refractivity contribution in [2.24, 2.45) is 0 Å². The largest absolute Gasteiger partial charge is 0.384 e. The molecule has 0 saturated carbocycles. The van der Waals surface area contributed by atoms with E-state index >= 15 is 0 Å². The number of sulfonamides is 1. The summed E-state index contributed by atoms with van der Waals surface area (Å²) in [5, 5.41) is 3.46. The van der Waals surface area contributed by atoms with Gasteiger partial charge in [-0.15, -0.1) is 0 Å². The highest BCUT2D eigenvalue weighted by molar-refractivity contribution is 7.88. The van der Waals surface area contributed by atoms with Crippen molar-refractivity contribution in [3.63, 3.8) is 0 Å². The van der Waals surface area contributed by atoms with Gasteiger partial charge in [0.15, 0.2) is 0 Å².